The third-order valence-electron chi connectivity index (χ3n) is 4.77. The Kier molecular flexibility index (Phi) is 4.26. The third-order valence-corrected chi connectivity index (χ3v) is 4.77. The van der Waals surface area contributed by atoms with Crippen LogP contribution < -0.4 is 0 Å². The minimum atomic E-state index is 0.861. The van der Waals surface area contributed by atoms with Gasteiger partial charge in [0.15, 0.2) is 0 Å². The monoisotopic (exact) mass is 309 g/mol. The number of aromatic nitrogens is 2. The van der Waals surface area contributed by atoms with Gasteiger partial charge in [-0.1, -0.05) is 24.3 Å². The lowest BCUT2D eigenvalue weighted by molar-refractivity contribution is 0.0434. The number of allylic oxidation sites excluding steroid dienone is 1. The molecule has 2 aromatic rings. The Hall–Kier alpha value is -1.91. The molecule has 1 aromatic heterocycles. The van der Waals surface area contributed by atoms with Gasteiger partial charge in [-0.15, -0.1) is 0 Å². The van der Waals surface area contributed by atoms with Crippen molar-refractivity contribution < 1.29 is 4.74 Å². The van der Waals surface area contributed by atoms with Gasteiger partial charge in [-0.3, -0.25) is 4.90 Å². The Morgan fingerprint density at radius 3 is 2.74 bits per heavy atom. The van der Waals surface area contributed by atoms with Gasteiger partial charge in [0.25, 0.3) is 0 Å². The van der Waals surface area contributed by atoms with Crippen molar-refractivity contribution in [3.8, 4) is 5.69 Å². The number of nitrogens with zero attached hydrogens (tertiary/aromatic N) is 3. The van der Waals surface area contributed by atoms with Crippen LogP contribution in [0.15, 0.2) is 42.6 Å². The minimum absolute atomic E-state index is 0.861. The summed E-state index contributed by atoms with van der Waals surface area (Å²) in [6.45, 7) is 4.83. The van der Waals surface area contributed by atoms with Crippen molar-refractivity contribution in [2.75, 3.05) is 32.8 Å². The van der Waals surface area contributed by atoms with E-state index in [0.717, 1.165) is 51.4 Å². The van der Waals surface area contributed by atoms with Crippen molar-refractivity contribution in [2.24, 2.45) is 0 Å². The number of fused-ring (bicyclic) bond motifs is 1. The van der Waals surface area contributed by atoms with E-state index in [4.69, 9.17) is 4.74 Å². The molecule has 0 saturated carbocycles. The van der Waals surface area contributed by atoms with Gasteiger partial charge in [0.2, 0.25) is 0 Å². The number of morpholine rings is 1. The Labute approximate surface area is 137 Å². The van der Waals surface area contributed by atoms with E-state index in [1.165, 1.54) is 23.3 Å². The maximum absolute atomic E-state index is 5.42. The highest BCUT2D eigenvalue weighted by molar-refractivity contribution is 5.69. The molecule has 0 bridgehead atoms. The van der Waals surface area contributed by atoms with Crippen LogP contribution in [0.4, 0.5) is 0 Å². The first-order valence-corrected chi connectivity index (χ1v) is 8.53. The molecule has 0 unspecified atom stereocenters. The maximum atomic E-state index is 5.42. The SMILES string of the molecule is C(/CN1CCOCC1)=C1\CCCc2c1cnn2-c1ccccc1. The molecule has 0 amide bonds. The van der Waals surface area contributed by atoms with Crippen molar-refractivity contribution >= 4 is 5.57 Å². The first-order chi connectivity index (χ1) is 11.4. The van der Waals surface area contributed by atoms with Gasteiger partial charge >= 0.3 is 0 Å². The van der Waals surface area contributed by atoms with E-state index in [9.17, 15) is 0 Å². The summed E-state index contributed by atoms with van der Waals surface area (Å²) in [6.07, 6.45) is 7.93. The first-order valence-electron chi connectivity index (χ1n) is 8.53. The lowest BCUT2D eigenvalue weighted by Crippen LogP contribution is -2.36. The Morgan fingerprint density at radius 1 is 1.09 bits per heavy atom. The molecule has 2 aliphatic rings. The van der Waals surface area contributed by atoms with E-state index in [2.05, 4.69) is 45.0 Å². The van der Waals surface area contributed by atoms with Gasteiger partial charge in [0.05, 0.1) is 30.8 Å². The van der Waals surface area contributed by atoms with Crippen molar-refractivity contribution in [1.82, 2.24) is 14.7 Å². The largest absolute Gasteiger partial charge is 0.379 e. The fraction of sp³-hybridized carbons (Fsp3) is 0.421. The standard InChI is InChI=1S/C19H23N3O/c1-2-6-17(7-3-1)22-19-8-4-5-16(18(19)15-20-22)9-10-21-11-13-23-14-12-21/h1-3,6-7,9,15H,4-5,8,10-14H2/b16-9-. The molecule has 0 N–H and O–H groups in total. The fourth-order valence-corrected chi connectivity index (χ4v) is 3.49. The molecule has 2 heterocycles. The maximum Gasteiger partial charge on any atom is 0.0649 e. The molecule has 0 atom stereocenters. The van der Waals surface area contributed by atoms with Crippen LogP contribution in [0.3, 0.4) is 0 Å². The van der Waals surface area contributed by atoms with E-state index in [-0.39, 0.29) is 0 Å². The number of para-hydroxylation sites is 1. The second-order valence-corrected chi connectivity index (χ2v) is 6.25. The van der Waals surface area contributed by atoms with Gasteiger partial charge in [-0.2, -0.15) is 5.10 Å². The van der Waals surface area contributed by atoms with Crippen molar-refractivity contribution in [3.63, 3.8) is 0 Å². The molecule has 1 aromatic carbocycles. The van der Waals surface area contributed by atoms with Crippen LogP contribution >= 0.6 is 0 Å². The highest BCUT2D eigenvalue weighted by Gasteiger charge is 2.20. The van der Waals surface area contributed by atoms with Crippen molar-refractivity contribution in [2.45, 2.75) is 19.3 Å². The van der Waals surface area contributed by atoms with Crippen LogP contribution in [0.1, 0.15) is 24.1 Å². The second-order valence-electron chi connectivity index (χ2n) is 6.25. The molecule has 0 spiro atoms. The van der Waals surface area contributed by atoms with E-state index >= 15 is 0 Å². The van der Waals surface area contributed by atoms with E-state index < -0.39 is 0 Å². The number of rotatable bonds is 3. The molecule has 1 aliphatic carbocycles. The topological polar surface area (TPSA) is 30.3 Å². The summed E-state index contributed by atoms with van der Waals surface area (Å²) < 4.78 is 7.53. The van der Waals surface area contributed by atoms with Crippen LogP contribution in [-0.4, -0.2) is 47.5 Å². The highest BCUT2D eigenvalue weighted by atomic mass is 16.5. The predicted molar refractivity (Wildman–Crippen MR) is 91.7 cm³/mol. The lowest BCUT2D eigenvalue weighted by Gasteiger charge is -2.26. The zero-order valence-corrected chi connectivity index (χ0v) is 13.4. The molecule has 4 nitrogen and oxygen atoms in total. The molecule has 4 rings (SSSR count). The number of benzene rings is 1. The summed E-state index contributed by atoms with van der Waals surface area (Å²) in [4.78, 5) is 2.46. The van der Waals surface area contributed by atoms with E-state index in [1.54, 1.807) is 0 Å². The summed E-state index contributed by atoms with van der Waals surface area (Å²) in [5, 5.41) is 4.66. The Balaban J connectivity index is 1.58. The fourth-order valence-electron chi connectivity index (χ4n) is 3.49. The molecule has 4 heteroatoms. The number of hydrogen-bond acceptors (Lipinski definition) is 3. The summed E-state index contributed by atoms with van der Waals surface area (Å²) in [5.74, 6) is 0. The lowest BCUT2D eigenvalue weighted by atomic mass is 9.92. The quantitative estimate of drug-likeness (QED) is 0.873. The Morgan fingerprint density at radius 2 is 1.91 bits per heavy atom. The van der Waals surface area contributed by atoms with Crippen molar-refractivity contribution in [3.05, 3.63) is 53.9 Å². The minimum Gasteiger partial charge on any atom is -0.379 e. The molecule has 1 fully saturated rings. The molecular formula is C19H23N3O. The molecule has 1 aliphatic heterocycles. The van der Waals surface area contributed by atoms with Gasteiger partial charge in [-0.05, 0) is 37.0 Å². The average molecular weight is 309 g/mol. The van der Waals surface area contributed by atoms with Crippen LogP contribution in [0.25, 0.3) is 11.3 Å². The van der Waals surface area contributed by atoms with Gasteiger partial charge < -0.3 is 4.74 Å². The van der Waals surface area contributed by atoms with Gasteiger partial charge in [0, 0.05) is 25.2 Å². The summed E-state index contributed by atoms with van der Waals surface area (Å²) in [7, 11) is 0. The Bertz CT molecular complexity index is 684. The molecular weight excluding hydrogens is 286 g/mol. The zero-order chi connectivity index (χ0) is 15.5. The third kappa shape index (κ3) is 3.09. The normalized spacial score (nSPS) is 20.6. The zero-order valence-electron chi connectivity index (χ0n) is 13.4. The molecule has 23 heavy (non-hydrogen) atoms. The summed E-state index contributed by atoms with van der Waals surface area (Å²) >= 11 is 0. The van der Waals surface area contributed by atoms with Crippen LogP contribution in [0.5, 0.6) is 0 Å². The molecule has 0 radical (unpaired) electrons. The van der Waals surface area contributed by atoms with Gasteiger partial charge in [-0.25, -0.2) is 4.68 Å². The highest BCUT2D eigenvalue weighted by Crippen LogP contribution is 2.31. The average Bonchev–Trinajstić information content (AvgIpc) is 3.06. The smallest absolute Gasteiger partial charge is 0.0649 e. The van der Waals surface area contributed by atoms with E-state index in [1.807, 2.05) is 12.3 Å². The summed E-state index contributed by atoms with van der Waals surface area (Å²) in [6, 6.07) is 10.4. The predicted octanol–water partition coefficient (Wildman–Crippen LogP) is 2.92. The second kappa shape index (κ2) is 6.69. The first kappa shape index (κ1) is 14.7. The summed E-state index contributed by atoms with van der Waals surface area (Å²) in [5.41, 5.74) is 5.31. The van der Waals surface area contributed by atoms with Crippen LogP contribution in [0, 0.1) is 0 Å². The molecule has 1 saturated heterocycles. The molecule has 120 valence electrons. The van der Waals surface area contributed by atoms with E-state index in [0.29, 0.717) is 0 Å². The van der Waals surface area contributed by atoms with Gasteiger partial charge in [0.1, 0.15) is 0 Å². The van der Waals surface area contributed by atoms with Crippen molar-refractivity contribution in [1.29, 1.82) is 0 Å². The van der Waals surface area contributed by atoms with Crippen LogP contribution in [-0.2, 0) is 11.2 Å². The number of ether oxygens (including phenoxy) is 1. The van der Waals surface area contributed by atoms with Crippen LogP contribution in [0.2, 0.25) is 0 Å². The number of hydrogen-bond donors (Lipinski definition) is 0.